The molecule has 22 heavy (non-hydrogen) atoms. The molecule has 3 aromatic rings. The normalized spacial score (nSPS) is 11.0. The van der Waals surface area contributed by atoms with Gasteiger partial charge in [0.25, 0.3) is 0 Å². The molecular formula is C15H9ClF2N2OS. The van der Waals surface area contributed by atoms with E-state index in [1.807, 2.05) is 0 Å². The number of carbonyl (C=O) groups excluding carboxylic acids is 1. The molecule has 0 bridgehead atoms. The molecule has 0 spiro atoms. The highest BCUT2D eigenvalue weighted by molar-refractivity contribution is 7.18. The van der Waals surface area contributed by atoms with Crippen molar-refractivity contribution in [1.82, 2.24) is 4.98 Å². The second-order valence-electron chi connectivity index (χ2n) is 4.71. The molecule has 0 aliphatic heterocycles. The number of primary amides is 1. The molecule has 3 nitrogen and oxygen atoms in total. The molecule has 1 amide bonds. The third kappa shape index (κ3) is 2.93. The first-order valence-corrected chi connectivity index (χ1v) is 7.45. The van der Waals surface area contributed by atoms with Gasteiger partial charge in [0.05, 0.1) is 16.1 Å². The number of rotatable bonds is 3. The molecule has 0 aliphatic rings. The molecule has 0 atom stereocenters. The van der Waals surface area contributed by atoms with Crippen molar-refractivity contribution in [3.63, 3.8) is 0 Å². The van der Waals surface area contributed by atoms with E-state index >= 15 is 0 Å². The Morgan fingerprint density at radius 1 is 1.14 bits per heavy atom. The molecule has 0 radical (unpaired) electrons. The lowest BCUT2D eigenvalue weighted by Gasteiger charge is -2.04. The van der Waals surface area contributed by atoms with Gasteiger partial charge in [-0.1, -0.05) is 11.6 Å². The predicted octanol–water partition coefficient (Wildman–Crippen LogP) is 3.92. The van der Waals surface area contributed by atoms with Gasteiger partial charge in [0.2, 0.25) is 5.91 Å². The van der Waals surface area contributed by atoms with Gasteiger partial charge in [-0.2, -0.15) is 0 Å². The number of nitrogens with zero attached hydrogens (tertiary/aromatic N) is 1. The van der Waals surface area contributed by atoms with Crippen LogP contribution >= 0.6 is 22.9 Å². The fraction of sp³-hybridized carbons (Fsp3) is 0.0667. The molecule has 1 aromatic heterocycles. The Morgan fingerprint density at radius 3 is 2.41 bits per heavy atom. The molecule has 7 heteroatoms. The quantitative estimate of drug-likeness (QED) is 0.786. The maximum absolute atomic E-state index is 13.3. The Bertz CT molecular complexity index is 874. The molecule has 0 aliphatic carbocycles. The molecule has 0 saturated heterocycles. The molecular weight excluding hydrogens is 330 g/mol. The van der Waals surface area contributed by atoms with Gasteiger partial charge < -0.3 is 5.73 Å². The summed E-state index contributed by atoms with van der Waals surface area (Å²) in [5.41, 5.74) is 6.65. The Morgan fingerprint density at radius 2 is 1.77 bits per heavy atom. The van der Waals surface area contributed by atoms with Crippen LogP contribution in [-0.2, 0) is 11.2 Å². The van der Waals surface area contributed by atoms with E-state index in [1.165, 1.54) is 23.5 Å². The van der Waals surface area contributed by atoms with Gasteiger partial charge in [-0.3, -0.25) is 4.79 Å². The first kappa shape index (κ1) is 14.9. The lowest BCUT2D eigenvalue weighted by atomic mass is 10.1. The number of carbonyl (C=O) groups is 1. The van der Waals surface area contributed by atoms with E-state index in [-0.39, 0.29) is 6.42 Å². The van der Waals surface area contributed by atoms with E-state index in [9.17, 15) is 13.6 Å². The van der Waals surface area contributed by atoms with Gasteiger partial charge in [-0.15, -0.1) is 11.3 Å². The maximum Gasteiger partial charge on any atom is 0.224 e. The van der Waals surface area contributed by atoms with Crippen LogP contribution in [0.1, 0.15) is 5.01 Å². The van der Waals surface area contributed by atoms with Crippen LogP contribution < -0.4 is 5.73 Å². The van der Waals surface area contributed by atoms with E-state index in [0.29, 0.717) is 26.7 Å². The second kappa shape index (κ2) is 5.62. The molecule has 2 aromatic carbocycles. The lowest BCUT2D eigenvalue weighted by molar-refractivity contribution is -0.117. The van der Waals surface area contributed by atoms with Crippen LogP contribution in [0.5, 0.6) is 0 Å². The molecule has 0 fully saturated rings. The Labute approximate surface area is 133 Å². The minimum Gasteiger partial charge on any atom is -0.369 e. The van der Waals surface area contributed by atoms with Gasteiger partial charge in [0, 0.05) is 6.07 Å². The number of hydrogen-bond acceptors (Lipinski definition) is 3. The van der Waals surface area contributed by atoms with Crippen molar-refractivity contribution in [2.24, 2.45) is 5.73 Å². The highest BCUT2D eigenvalue weighted by Crippen LogP contribution is 2.34. The van der Waals surface area contributed by atoms with Crippen LogP contribution in [0.3, 0.4) is 0 Å². The summed E-state index contributed by atoms with van der Waals surface area (Å²) in [6, 6.07) is 6.59. The standard InChI is InChI=1S/C15H9ClF2N2OS/c16-11-3-8(7-1-9(17)5-10(18)2-7)4-12-15(11)20-14(22-12)6-13(19)21/h1-5H,6H2,(H2,19,21). The van der Waals surface area contributed by atoms with Crippen LogP contribution in [0, 0.1) is 11.6 Å². The van der Waals surface area contributed by atoms with Crippen molar-refractivity contribution in [1.29, 1.82) is 0 Å². The fourth-order valence-corrected chi connectivity index (χ4v) is 3.51. The van der Waals surface area contributed by atoms with Gasteiger partial charge in [-0.05, 0) is 35.4 Å². The van der Waals surface area contributed by atoms with Gasteiger partial charge >= 0.3 is 0 Å². The first-order valence-electron chi connectivity index (χ1n) is 6.26. The largest absolute Gasteiger partial charge is 0.369 e. The maximum atomic E-state index is 13.3. The highest BCUT2D eigenvalue weighted by Gasteiger charge is 2.12. The average Bonchev–Trinajstić information content (AvgIpc) is 2.79. The average molecular weight is 339 g/mol. The SMILES string of the molecule is NC(=O)Cc1nc2c(Cl)cc(-c3cc(F)cc(F)c3)cc2s1. The van der Waals surface area contributed by atoms with Crippen LogP contribution in [0.2, 0.25) is 5.02 Å². The number of benzene rings is 2. The minimum atomic E-state index is -0.662. The summed E-state index contributed by atoms with van der Waals surface area (Å²) >= 11 is 7.46. The second-order valence-corrected chi connectivity index (χ2v) is 6.24. The first-order chi connectivity index (χ1) is 10.4. The summed E-state index contributed by atoms with van der Waals surface area (Å²) in [7, 11) is 0. The van der Waals surface area contributed by atoms with E-state index < -0.39 is 17.5 Å². The smallest absolute Gasteiger partial charge is 0.224 e. The van der Waals surface area contributed by atoms with Crippen LogP contribution in [0.4, 0.5) is 8.78 Å². The van der Waals surface area contributed by atoms with Crippen LogP contribution in [0.15, 0.2) is 30.3 Å². The van der Waals surface area contributed by atoms with Crippen molar-refractivity contribution in [2.45, 2.75) is 6.42 Å². The summed E-state index contributed by atoms with van der Waals surface area (Å²) in [6.07, 6.45) is 0.0274. The number of amides is 1. The molecule has 0 saturated carbocycles. The number of nitrogens with two attached hydrogens (primary N) is 1. The van der Waals surface area contributed by atoms with Crippen molar-refractivity contribution in [3.05, 3.63) is 52.0 Å². The Kier molecular flexibility index (Phi) is 3.80. The Balaban J connectivity index is 2.13. The van der Waals surface area contributed by atoms with Crippen molar-refractivity contribution >= 4 is 39.1 Å². The number of hydrogen-bond donors (Lipinski definition) is 1. The van der Waals surface area contributed by atoms with Crippen molar-refractivity contribution in [2.75, 3.05) is 0 Å². The van der Waals surface area contributed by atoms with Crippen molar-refractivity contribution < 1.29 is 13.6 Å². The lowest BCUT2D eigenvalue weighted by Crippen LogP contribution is -2.13. The molecule has 1 heterocycles. The molecule has 0 unspecified atom stereocenters. The van der Waals surface area contributed by atoms with E-state index in [1.54, 1.807) is 12.1 Å². The third-order valence-corrected chi connectivity index (χ3v) is 4.30. The zero-order valence-electron chi connectivity index (χ0n) is 11.1. The topological polar surface area (TPSA) is 56.0 Å². The summed E-state index contributed by atoms with van der Waals surface area (Å²) < 4.78 is 27.4. The highest BCUT2D eigenvalue weighted by atomic mass is 35.5. The monoisotopic (exact) mass is 338 g/mol. The van der Waals surface area contributed by atoms with Crippen LogP contribution in [-0.4, -0.2) is 10.9 Å². The van der Waals surface area contributed by atoms with Gasteiger partial charge in [0.15, 0.2) is 0 Å². The number of thiazole rings is 1. The minimum absolute atomic E-state index is 0.0274. The fourth-order valence-electron chi connectivity index (χ4n) is 2.15. The van der Waals surface area contributed by atoms with Gasteiger partial charge in [-0.25, -0.2) is 13.8 Å². The number of fused-ring (bicyclic) bond motifs is 1. The number of halogens is 3. The van der Waals surface area contributed by atoms with E-state index in [4.69, 9.17) is 17.3 Å². The van der Waals surface area contributed by atoms with E-state index in [2.05, 4.69) is 4.98 Å². The molecule has 3 rings (SSSR count). The zero-order chi connectivity index (χ0) is 15.9. The third-order valence-electron chi connectivity index (χ3n) is 3.01. The summed E-state index contributed by atoms with van der Waals surface area (Å²) in [5, 5.41) is 0.899. The predicted molar refractivity (Wildman–Crippen MR) is 82.9 cm³/mol. The zero-order valence-corrected chi connectivity index (χ0v) is 12.6. The Hall–Kier alpha value is -2.05. The van der Waals surface area contributed by atoms with E-state index in [0.717, 1.165) is 10.8 Å². The van der Waals surface area contributed by atoms with Crippen molar-refractivity contribution in [3.8, 4) is 11.1 Å². The molecule has 2 N–H and O–H groups in total. The summed E-state index contributed by atoms with van der Waals surface area (Å²) in [6.45, 7) is 0. The van der Waals surface area contributed by atoms with Crippen LogP contribution in [0.25, 0.3) is 21.3 Å². The number of aromatic nitrogens is 1. The molecule has 112 valence electrons. The van der Waals surface area contributed by atoms with Gasteiger partial charge in [0.1, 0.15) is 22.2 Å². The summed E-state index contributed by atoms with van der Waals surface area (Å²) in [5.74, 6) is -1.81. The summed E-state index contributed by atoms with van der Waals surface area (Å²) in [4.78, 5) is 15.2.